The predicted octanol–water partition coefficient (Wildman–Crippen LogP) is 4.77. The summed E-state index contributed by atoms with van der Waals surface area (Å²) >= 11 is 0. The van der Waals surface area contributed by atoms with Crippen molar-refractivity contribution in [3.63, 3.8) is 0 Å². The van der Waals surface area contributed by atoms with E-state index in [9.17, 15) is 9.59 Å². The van der Waals surface area contributed by atoms with Crippen molar-refractivity contribution in [2.24, 2.45) is 0 Å². The molecule has 9 nitrogen and oxygen atoms in total. The fourth-order valence-corrected chi connectivity index (χ4v) is 4.95. The Hall–Kier alpha value is -4.21. The number of nitrogens with zero attached hydrogens (tertiary/aromatic N) is 2. The second kappa shape index (κ2) is 13.4. The Morgan fingerprint density at radius 1 is 0.829 bits per heavy atom. The summed E-state index contributed by atoms with van der Waals surface area (Å²) in [4.78, 5) is 27.3. The molecule has 0 aliphatic carbocycles. The molecule has 216 valence electrons. The maximum absolute atomic E-state index is 13.7. The van der Waals surface area contributed by atoms with Crippen LogP contribution in [0.25, 0.3) is 16.9 Å². The van der Waals surface area contributed by atoms with Gasteiger partial charge < -0.3 is 24.3 Å². The van der Waals surface area contributed by atoms with E-state index in [1.807, 2.05) is 62.5 Å². The van der Waals surface area contributed by atoms with Crippen molar-refractivity contribution in [2.75, 3.05) is 40.6 Å². The van der Waals surface area contributed by atoms with E-state index in [4.69, 9.17) is 24.0 Å². The maximum Gasteiger partial charge on any atom is 0.336 e. The fourth-order valence-electron chi connectivity index (χ4n) is 4.95. The van der Waals surface area contributed by atoms with Crippen LogP contribution in [0, 0.1) is 13.8 Å². The zero-order valence-corrected chi connectivity index (χ0v) is 24.4. The van der Waals surface area contributed by atoms with Gasteiger partial charge >= 0.3 is 11.9 Å². The Labute approximate surface area is 240 Å². The average Bonchev–Trinajstić information content (AvgIpc) is 3.39. The summed E-state index contributed by atoms with van der Waals surface area (Å²) in [7, 11) is 3.08. The Kier molecular flexibility index (Phi) is 9.75. The number of rotatable bonds is 11. The second-order valence-electron chi connectivity index (χ2n) is 9.92. The number of nitrogens with one attached hydrogen (secondary N) is 1. The lowest BCUT2D eigenvalue weighted by molar-refractivity contribution is -0.141. The summed E-state index contributed by atoms with van der Waals surface area (Å²) in [6, 6.07) is 15.9. The monoisotopic (exact) mass is 559 g/mol. The molecule has 0 fully saturated rings. The lowest BCUT2D eigenvalue weighted by Gasteiger charge is -2.30. The van der Waals surface area contributed by atoms with E-state index in [0.29, 0.717) is 33.8 Å². The Morgan fingerprint density at radius 2 is 1.41 bits per heavy atom. The first-order valence-corrected chi connectivity index (χ1v) is 13.5. The summed E-state index contributed by atoms with van der Waals surface area (Å²) < 4.78 is 23.2. The first kappa shape index (κ1) is 29.8. The topological polar surface area (TPSA) is 101 Å². The zero-order valence-electron chi connectivity index (χ0n) is 24.4. The van der Waals surface area contributed by atoms with Crippen LogP contribution in [0.2, 0.25) is 0 Å². The third kappa shape index (κ3) is 6.58. The molecule has 2 heterocycles. The van der Waals surface area contributed by atoms with Gasteiger partial charge in [-0.1, -0.05) is 35.9 Å². The number of hydrogen-bond donors (Lipinski definition) is 1. The number of allylic oxidation sites excluding steroid dienone is 2. The van der Waals surface area contributed by atoms with Gasteiger partial charge in [-0.15, -0.1) is 0 Å². The quantitative estimate of drug-likeness (QED) is 0.265. The number of dihydropyridines is 1. The van der Waals surface area contributed by atoms with Gasteiger partial charge in [-0.05, 0) is 51.5 Å². The molecule has 0 saturated heterocycles. The summed E-state index contributed by atoms with van der Waals surface area (Å²) in [5.41, 5.74) is 6.95. The van der Waals surface area contributed by atoms with Crippen molar-refractivity contribution in [2.45, 2.75) is 33.6 Å². The predicted molar refractivity (Wildman–Crippen MR) is 155 cm³/mol. The second-order valence-corrected chi connectivity index (χ2v) is 9.92. The molecule has 0 saturated carbocycles. The van der Waals surface area contributed by atoms with Crippen molar-refractivity contribution in [1.29, 1.82) is 0 Å². The van der Waals surface area contributed by atoms with Gasteiger partial charge in [-0.3, -0.25) is 0 Å². The van der Waals surface area contributed by atoms with Crippen LogP contribution in [0.15, 0.2) is 77.3 Å². The molecule has 1 N–H and O–H groups in total. The van der Waals surface area contributed by atoms with Crippen LogP contribution < -0.4 is 5.32 Å². The highest BCUT2D eigenvalue weighted by Crippen LogP contribution is 2.43. The van der Waals surface area contributed by atoms with E-state index in [1.54, 1.807) is 18.5 Å². The smallest absolute Gasteiger partial charge is 0.336 e. The summed E-state index contributed by atoms with van der Waals surface area (Å²) in [6.07, 6.45) is 1.88. The number of ether oxygens (including phenoxy) is 4. The molecule has 4 rings (SSSR count). The molecule has 1 aliphatic heterocycles. The zero-order chi connectivity index (χ0) is 29.5. The van der Waals surface area contributed by atoms with Crippen LogP contribution >= 0.6 is 0 Å². The van der Waals surface area contributed by atoms with E-state index in [2.05, 4.69) is 11.4 Å². The van der Waals surface area contributed by atoms with Crippen LogP contribution in [0.1, 0.15) is 36.5 Å². The van der Waals surface area contributed by atoms with E-state index in [0.717, 1.165) is 22.4 Å². The lowest BCUT2D eigenvalue weighted by Crippen LogP contribution is -2.33. The molecule has 9 heteroatoms. The fraction of sp³-hybridized carbons (Fsp3) is 0.344. The number of carbonyl (C=O) groups excluding carboxylic acids is 2. The average molecular weight is 560 g/mol. The number of aromatic nitrogens is 2. The Balaban J connectivity index is 1.96. The molecule has 0 bridgehead atoms. The molecule has 1 aromatic heterocycles. The van der Waals surface area contributed by atoms with Gasteiger partial charge in [0.1, 0.15) is 13.2 Å². The lowest BCUT2D eigenvalue weighted by atomic mass is 9.79. The molecule has 2 aromatic carbocycles. The van der Waals surface area contributed by atoms with Crippen molar-refractivity contribution >= 4 is 11.9 Å². The molecule has 41 heavy (non-hydrogen) atoms. The van der Waals surface area contributed by atoms with Gasteiger partial charge in [-0.2, -0.15) is 5.10 Å². The minimum absolute atomic E-state index is 0.0717. The van der Waals surface area contributed by atoms with E-state index < -0.39 is 17.9 Å². The molecular weight excluding hydrogens is 522 g/mol. The molecule has 1 aliphatic rings. The summed E-state index contributed by atoms with van der Waals surface area (Å²) in [5, 5.41) is 8.23. The number of esters is 2. The van der Waals surface area contributed by atoms with Crippen LogP contribution in [0.3, 0.4) is 0 Å². The van der Waals surface area contributed by atoms with Crippen LogP contribution in [-0.4, -0.2) is 62.4 Å². The minimum Gasteiger partial charge on any atom is -0.460 e. The molecule has 0 spiro atoms. The van der Waals surface area contributed by atoms with Gasteiger partial charge in [0.15, 0.2) is 0 Å². The van der Waals surface area contributed by atoms with Crippen molar-refractivity contribution < 1.29 is 28.5 Å². The Morgan fingerprint density at radius 3 is 1.98 bits per heavy atom. The van der Waals surface area contributed by atoms with Gasteiger partial charge in [0.05, 0.1) is 41.7 Å². The highest BCUT2D eigenvalue weighted by Gasteiger charge is 2.40. The third-order valence-corrected chi connectivity index (χ3v) is 6.96. The van der Waals surface area contributed by atoms with E-state index >= 15 is 0 Å². The van der Waals surface area contributed by atoms with Gasteiger partial charge in [-0.25, -0.2) is 14.3 Å². The van der Waals surface area contributed by atoms with Crippen molar-refractivity contribution in [1.82, 2.24) is 15.1 Å². The van der Waals surface area contributed by atoms with Gasteiger partial charge in [0, 0.05) is 42.9 Å². The summed E-state index contributed by atoms with van der Waals surface area (Å²) in [6.45, 7) is 8.28. The van der Waals surface area contributed by atoms with E-state index in [1.165, 1.54) is 14.2 Å². The molecule has 0 atom stereocenters. The van der Waals surface area contributed by atoms with Crippen LogP contribution in [0.4, 0.5) is 0 Å². The molecule has 0 amide bonds. The first-order valence-electron chi connectivity index (χ1n) is 13.5. The maximum atomic E-state index is 13.7. The number of hydrogen-bond acceptors (Lipinski definition) is 8. The number of methoxy groups -OCH3 is 2. The van der Waals surface area contributed by atoms with Crippen LogP contribution in [0.5, 0.6) is 0 Å². The van der Waals surface area contributed by atoms with Crippen LogP contribution in [-0.2, 0) is 28.5 Å². The molecule has 0 unspecified atom stereocenters. The normalized spacial score (nSPS) is 13.8. The third-order valence-electron chi connectivity index (χ3n) is 6.96. The number of benzene rings is 2. The molecule has 0 radical (unpaired) electrons. The molecule has 3 aromatic rings. The largest absolute Gasteiger partial charge is 0.460 e. The van der Waals surface area contributed by atoms with Crippen molar-refractivity contribution in [3.05, 3.63) is 94.0 Å². The highest BCUT2D eigenvalue weighted by atomic mass is 16.6. The van der Waals surface area contributed by atoms with E-state index in [-0.39, 0.29) is 26.4 Å². The Bertz CT molecular complexity index is 1430. The highest BCUT2D eigenvalue weighted by molar-refractivity contribution is 6.00. The first-order chi connectivity index (χ1) is 19.8. The van der Waals surface area contributed by atoms with Crippen molar-refractivity contribution in [3.8, 4) is 16.9 Å². The molecular formula is C32H37N3O6. The number of aryl methyl sites for hydroxylation is 2. The minimum atomic E-state index is -0.811. The van der Waals surface area contributed by atoms with Gasteiger partial charge in [0.2, 0.25) is 0 Å². The number of carbonyl (C=O) groups is 2. The number of para-hydroxylation sites is 1. The summed E-state index contributed by atoms with van der Waals surface area (Å²) in [5.74, 6) is -1.91. The SMILES string of the molecule is COCCOC(=O)C1=C(C)NC(C)=C(C(=O)OCCOC)C1c1cn(-c2ccccc2)nc1-c1cc(C)ccc1C. The van der Waals surface area contributed by atoms with Gasteiger partial charge in [0.25, 0.3) is 0 Å². The standard InChI is InChI=1S/C32H37N3O6/c1-20-12-13-21(2)25(18-20)30-26(19-35(34-30)24-10-8-7-9-11-24)29-27(31(36)40-16-14-38-5)22(3)33-23(4)28(29)32(37)41-17-15-39-6/h7-13,18-19,29,33H,14-17H2,1-6H3.